The van der Waals surface area contributed by atoms with Crippen LogP contribution in [-0.4, -0.2) is 81.6 Å². The van der Waals surface area contributed by atoms with Crippen molar-refractivity contribution in [3.63, 3.8) is 0 Å². The van der Waals surface area contributed by atoms with Gasteiger partial charge in [-0.05, 0) is 106 Å². The number of nitrogens with zero attached hydrogens (tertiary/aromatic N) is 1. The van der Waals surface area contributed by atoms with Crippen LogP contribution >= 0.6 is 7.82 Å². The molecule has 5 fully saturated rings. The standard InChI is InChI=1S/C36H59N2O10P.Na/c1-21(7-6-13-34(2,3)43)24-8-9-25-32-26(11-15-36(24,25)5)35(4)14-10-23(17-22(35)18-28(32)40)48-49(44,45)46-20-29-27(39)19-31(47-29)38-16-12-30(41)37-33(38)42;/h18,21,23-29,31-32,39-40,43H,6-17,19-20H2,1-5H3,(H,44,45)(H,37,41,42);/q;+1/p-1. The number of aliphatic hydroxyl groups excluding tert-OH is 2. The number of hydrogen-bond acceptors (Lipinski definition) is 10. The van der Waals surface area contributed by atoms with Crippen LogP contribution in [0.2, 0.25) is 0 Å². The third kappa shape index (κ3) is 8.31. The first-order chi connectivity index (χ1) is 22.9. The molecule has 0 spiro atoms. The van der Waals surface area contributed by atoms with E-state index in [1.807, 2.05) is 19.9 Å². The zero-order chi connectivity index (χ0) is 35.5. The average Bonchev–Trinajstić information content (AvgIpc) is 3.55. The maximum absolute atomic E-state index is 13.0. The second kappa shape index (κ2) is 15.4. The smallest absolute Gasteiger partial charge is 0.756 e. The Morgan fingerprint density at radius 2 is 1.90 bits per heavy atom. The number of carbonyl (C=O) groups excluding carboxylic acids is 2. The summed E-state index contributed by atoms with van der Waals surface area (Å²) in [5.41, 5.74) is 0.495. The molecule has 12 nitrogen and oxygen atoms in total. The van der Waals surface area contributed by atoms with Gasteiger partial charge in [-0.2, -0.15) is 0 Å². The summed E-state index contributed by atoms with van der Waals surface area (Å²) >= 11 is 0. The van der Waals surface area contributed by atoms with Gasteiger partial charge in [-0.3, -0.25) is 19.6 Å². The molecule has 0 aromatic carbocycles. The molecule has 278 valence electrons. The van der Waals surface area contributed by atoms with Crippen LogP contribution in [0.4, 0.5) is 4.79 Å². The van der Waals surface area contributed by atoms with Gasteiger partial charge in [-0.1, -0.05) is 45.3 Å². The summed E-state index contributed by atoms with van der Waals surface area (Å²) < 4.78 is 29.5. The number of imide groups is 1. The first-order valence-corrected chi connectivity index (χ1v) is 20.1. The first kappa shape index (κ1) is 40.8. The molecule has 4 N–H and O–H groups in total. The van der Waals surface area contributed by atoms with Crippen molar-refractivity contribution in [3.8, 4) is 0 Å². The van der Waals surface area contributed by atoms with E-state index in [1.165, 1.54) is 11.3 Å². The van der Waals surface area contributed by atoms with Crippen molar-refractivity contribution in [2.45, 2.75) is 148 Å². The Morgan fingerprint density at radius 3 is 2.60 bits per heavy atom. The van der Waals surface area contributed by atoms with Gasteiger partial charge in [0.2, 0.25) is 5.91 Å². The summed E-state index contributed by atoms with van der Waals surface area (Å²) in [5, 5.41) is 34.6. The molecule has 50 heavy (non-hydrogen) atoms. The monoisotopic (exact) mass is 732 g/mol. The van der Waals surface area contributed by atoms with Gasteiger partial charge >= 0.3 is 35.6 Å². The molecule has 14 heteroatoms. The maximum Gasteiger partial charge on any atom is 1.00 e. The number of hydrogen-bond donors (Lipinski definition) is 4. The molecular formula is C36H58N2NaO10P. The number of urea groups is 1. The normalized spacial score (nSPS) is 42.0. The molecule has 0 aromatic rings. The van der Waals surface area contributed by atoms with Crippen LogP contribution in [0.25, 0.3) is 0 Å². The van der Waals surface area contributed by atoms with Gasteiger partial charge in [0.25, 0.3) is 7.82 Å². The van der Waals surface area contributed by atoms with E-state index in [2.05, 4.69) is 26.1 Å². The fourth-order valence-electron chi connectivity index (χ4n) is 11.0. The molecule has 3 saturated carbocycles. The molecule has 0 radical (unpaired) electrons. The molecule has 0 bridgehead atoms. The number of aliphatic hydroxyl groups is 3. The molecule has 2 aliphatic heterocycles. The zero-order valence-electron chi connectivity index (χ0n) is 30.8. The summed E-state index contributed by atoms with van der Waals surface area (Å²) in [6.07, 6.45) is 7.33. The minimum atomic E-state index is -4.77. The zero-order valence-corrected chi connectivity index (χ0v) is 33.7. The van der Waals surface area contributed by atoms with Gasteiger partial charge in [-0.15, -0.1) is 0 Å². The van der Waals surface area contributed by atoms with Crippen LogP contribution in [0.15, 0.2) is 11.6 Å². The quantitative estimate of drug-likeness (QED) is 0.138. The fourth-order valence-corrected chi connectivity index (χ4v) is 12.0. The number of ether oxygens (including phenoxy) is 1. The van der Waals surface area contributed by atoms with Gasteiger partial charge in [0.1, 0.15) is 12.3 Å². The number of nitrogens with one attached hydrogen (secondary N) is 1. The number of phosphoric acid groups is 1. The molecule has 6 rings (SSSR count). The minimum Gasteiger partial charge on any atom is -0.756 e. The number of phosphoric ester groups is 1. The van der Waals surface area contributed by atoms with Gasteiger partial charge in [0.15, 0.2) is 0 Å². The first-order valence-electron chi connectivity index (χ1n) is 18.6. The van der Waals surface area contributed by atoms with Crippen molar-refractivity contribution in [2.24, 2.45) is 40.4 Å². The van der Waals surface area contributed by atoms with Crippen molar-refractivity contribution in [2.75, 3.05) is 13.2 Å². The van der Waals surface area contributed by atoms with Crippen molar-refractivity contribution < 1.29 is 77.7 Å². The second-order valence-electron chi connectivity index (χ2n) is 17.2. The fraction of sp³-hybridized carbons (Fsp3) is 0.889. The second-order valence-corrected chi connectivity index (χ2v) is 18.6. The molecule has 4 aliphatic carbocycles. The van der Waals surface area contributed by atoms with Crippen LogP contribution in [0.1, 0.15) is 112 Å². The van der Waals surface area contributed by atoms with Gasteiger partial charge in [0.05, 0.1) is 30.5 Å². The van der Waals surface area contributed by atoms with Crippen molar-refractivity contribution >= 4 is 19.8 Å². The van der Waals surface area contributed by atoms with E-state index in [4.69, 9.17) is 13.8 Å². The maximum atomic E-state index is 13.0. The van der Waals surface area contributed by atoms with E-state index in [0.29, 0.717) is 36.5 Å². The van der Waals surface area contributed by atoms with Crippen molar-refractivity contribution in [1.82, 2.24) is 10.2 Å². The molecule has 6 aliphatic rings. The number of amides is 3. The predicted octanol–water partition coefficient (Wildman–Crippen LogP) is 1.41. The molecular weight excluding hydrogens is 674 g/mol. The minimum absolute atomic E-state index is 0. The Morgan fingerprint density at radius 1 is 1.16 bits per heavy atom. The van der Waals surface area contributed by atoms with Crippen LogP contribution in [0.3, 0.4) is 0 Å². The van der Waals surface area contributed by atoms with Crippen molar-refractivity contribution in [3.05, 3.63) is 11.6 Å². The molecule has 2 saturated heterocycles. The Labute approximate surface area is 319 Å². The van der Waals surface area contributed by atoms with E-state index < -0.39 is 56.7 Å². The average molecular weight is 733 g/mol. The summed E-state index contributed by atoms with van der Waals surface area (Å²) in [6, 6.07) is -0.607. The summed E-state index contributed by atoms with van der Waals surface area (Å²) in [6.45, 7) is 10.6. The van der Waals surface area contributed by atoms with E-state index >= 15 is 0 Å². The summed E-state index contributed by atoms with van der Waals surface area (Å²) in [7, 11) is -4.77. The molecule has 0 aromatic heterocycles. The molecule has 13 atom stereocenters. The van der Waals surface area contributed by atoms with Crippen LogP contribution in [0, 0.1) is 40.4 Å². The molecule has 13 unspecified atom stereocenters. The third-order valence-electron chi connectivity index (χ3n) is 13.6. The Hall–Kier alpha value is -0.370. The van der Waals surface area contributed by atoms with Crippen LogP contribution < -0.4 is 39.8 Å². The van der Waals surface area contributed by atoms with Crippen LogP contribution in [0.5, 0.6) is 0 Å². The van der Waals surface area contributed by atoms with Gasteiger partial charge in [-0.25, -0.2) is 4.79 Å². The summed E-state index contributed by atoms with van der Waals surface area (Å²) in [4.78, 5) is 37.9. The van der Waals surface area contributed by atoms with Gasteiger partial charge < -0.3 is 34.0 Å². The largest absolute Gasteiger partial charge is 1.00 e. The van der Waals surface area contributed by atoms with E-state index in [1.54, 1.807) is 0 Å². The summed E-state index contributed by atoms with van der Waals surface area (Å²) in [5.74, 6) is 1.76. The molecule has 3 amide bonds. The van der Waals surface area contributed by atoms with E-state index in [-0.39, 0.29) is 71.6 Å². The van der Waals surface area contributed by atoms with Crippen molar-refractivity contribution in [1.29, 1.82) is 0 Å². The van der Waals surface area contributed by atoms with Crippen LogP contribution in [-0.2, 0) is 23.1 Å². The number of rotatable bonds is 11. The Balaban J connectivity index is 0.00000486. The van der Waals surface area contributed by atoms with E-state index in [9.17, 15) is 34.4 Å². The predicted molar refractivity (Wildman–Crippen MR) is 178 cm³/mol. The molecule has 2 heterocycles. The number of carbonyl (C=O) groups is 2. The number of fused-ring (bicyclic) bond motifs is 5. The van der Waals surface area contributed by atoms with E-state index in [0.717, 1.165) is 50.5 Å². The SMILES string of the molecule is CC(CCCC(C)(C)O)C1CCC2C3C(O)C=C4CC(OP(=O)([O-])OCC5OC(N6CCC(=O)NC6=O)CC5O)CCC4(C)C3CCC12C.[Na+]. The topological polar surface area (TPSA) is 178 Å². The van der Waals surface area contributed by atoms with Gasteiger partial charge in [0, 0.05) is 19.4 Å². The Bertz CT molecular complexity index is 1340. The third-order valence-corrected chi connectivity index (χ3v) is 14.6. The Kier molecular flexibility index (Phi) is 12.6.